The van der Waals surface area contributed by atoms with Gasteiger partial charge in [0.2, 0.25) is 20.4 Å². The van der Waals surface area contributed by atoms with E-state index in [1.54, 1.807) is 145 Å². The summed E-state index contributed by atoms with van der Waals surface area (Å²) < 4.78 is 86.7. The molecule has 0 fully saturated rings. The van der Waals surface area contributed by atoms with Gasteiger partial charge in [-0.3, -0.25) is 28.8 Å². The molecule has 141 heavy (non-hydrogen) atoms. The molecule has 41 nitrogen and oxygen atoms in total. The number of ether oxygens (including phenoxy) is 15. The Morgan fingerprint density at radius 1 is 0.383 bits per heavy atom. The molecule has 8 N–H and O–H groups in total. The first-order valence-electron chi connectivity index (χ1n) is 43.9. The van der Waals surface area contributed by atoms with Gasteiger partial charge >= 0.3 is 30.6 Å². The lowest BCUT2D eigenvalue weighted by molar-refractivity contribution is -0.193. The zero-order chi connectivity index (χ0) is 101. The van der Waals surface area contributed by atoms with Crippen LogP contribution in [0.1, 0.15) is 90.6 Å². The molecule has 0 bridgehead atoms. The van der Waals surface area contributed by atoms with Crippen LogP contribution in [-0.2, 0) is 68.1 Å². The lowest BCUT2D eigenvalue weighted by Gasteiger charge is -2.22. The van der Waals surface area contributed by atoms with E-state index in [-0.39, 0.29) is 168 Å². The summed E-state index contributed by atoms with van der Waals surface area (Å²) in [5.74, 6) is 5.13. The molecule has 3 aliphatic heterocycles. The minimum absolute atomic E-state index is 0.00463. The second-order valence-electron chi connectivity index (χ2n) is 31.3. The third-order valence-electron chi connectivity index (χ3n) is 23.2. The summed E-state index contributed by atoms with van der Waals surface area (Å²) in [4.78, 5) is 156. The predicted octanol–water partition coefficient (Wildman–Crippen LogP) is 9.42. The molecule has 0 saturated carbocycles. The highest BCUT2D eigenvalue weighted by Gasteiger charge is 2.40. The number of amides is 3. The standard InChI is InChI=1S/C35H35N3O11.C32H30N2O10.C24H24N2O7.C7H8O2.2CO2/c1-4-36-34(42)49-21-8-6-20(7-9-21)18-46-35(43)37(12-13-39)10-5-11-38-31-23-15-28-29(48-19-47-28)16-24(23)32(40)30(31)22-14-26(44-2)27(45-3)17-25(22)33(38)41;1-40-24-12-20-23(15-25(24)41-2)31(38)34(29-21-13-26-27(44-17-43-26)14-22(21)30(37)28(20)29)9-3-8-33(10-11-35)32(39)42-16-18-4-6-19(36)7-5-18;1-30-17-8-13-16(11-18(17)31-2)24(29)26(6-3-4-25-5-7-27)22-14-9-19-20(33-12-32-19)10-15(14)23(28)21(13)22;8-5-6-1-3-7(9)4-2-6;2*2-1-3/h6-9,14-17,39H,4-5,10-13,18-19H2,1-3H3,(H,36,42);4-7,12-15,35-36H,3,8-11,16-17H2,1-2H3;8-11,25,27H,3-7,12H2,1-2H3;1-4,8-9H,5H2;;. The van der Waals surface area contributed by atoms with Gasteiger partial charge in [-0.15, -0.1) is 0 Å². The Morgan fingerprint density at radius 3 is 0.979 bits per heavy atom. The van der Waals surface area contributed by atoms with Crippen molar-refractivity contribution in [3.8, 4) is 120 Å². The second-order valence-corrected chi connectivity index (χ2v) is 31.3. The molecule has 0 unspecified atom stereocenters. The van der Waals surface area contributed by atoms with Crippen molar-refractivity contribution >= 4 is 80.2 Å². The molecule has 3 aromatic heterocycles. The van der Waals surface area contributed by atoms with E-state index in [1.165, 1.54) is 73.7 Å². The maximum Gasteiger partial charge on any atom is 0.412 e. The number of carbonyl (C=O) groups excluding carboxylic acids is 10. The van der Waals surface area contributed by atoms with Gasteiger partial charge in [0.1, 0.15) is 30.5 Å². The monoisotopic (exact) mass is 1940 g/mol. The van der Waals surface area contributed by atoms with Crippen molar-refractivity contribution in [2.24, 2.45) is 0 Å². The van der Waals surface area contributed by atoms with E-state index in [2.05, 4.69) is 10.6 Å². The maximum atomic E-state index is 14.1. The van der Waals surface area contributed by atoms with Gasteiger partial charge in [0, 0.05) is 108 Å². The van der Waals surface area contributed by atoms with Crippen LogP contribution < -0.4 is 88.9 Å². The largest absolute Gasteiger partial charge is 0.508 e. The molecule has 0 saturated heterocycles. The summed E-state index contributed by atoms with van der Waals surface area (Å²) in [6, 6.07) is 39.1. The number of rotatable bonds is 31. The lowest BCUT2D eigenvalue weighted by Crippen LogP contribution is -2.36. The minimum atomic E-state index is -0.655. The van der Waals surface area contributed by atoms with E-state index in [4.69, 9.17) is 106 Å². The maximum absolute atomic E-state index is 14.1. The fraction of sp³-hybridized carbons (Fsp3) is 0.290. The first-order chi connectivity index (χ1) is 68.3. The first kappa shape index (κ1) is 102. The van der Waals surface area contributed by atoms with Crippen LogP contribution in [0.5, 0.6) is 86.2 Å². The van der Waals surface area contributed by atoms with Crippen molar-refractivity contribution < 1.29 is 150 Å². The number of phenols is 2. The Hall–Kier alpha value is -16.8. The fourth-order valence-electron chi connectivity index (χ4n) is 16.7. The number of hydrogen-bond donors (Lipinski definition) is 8. The third-order valence-corrected chi connectivity index (χ3v) is 23.2. The first-order valence-corrected chi connectivity index (χ1v) is 43.9. The summed E-state index contributed by atoms with van der Waals surface area (Å²) in [7, 11) is 8.91. The number of phenolic OH excluding ortho intramolecular Hbond substituents is 2. The number of aromatic nitrogens is 3. The van der Waals surface area contributed by atoms with Crippen molar-refractivity contribution in [3.05, 3.63) is 227 Å². The smallest absolute Gasteiger partial charge is 0.412 e. The molecule has 9 aromatic carbocycles. The quantitative estimate of drug-likeness (QED) is 0.0187. The highest BCUT2D eigenvalue weighted by atomic mass is 16.7. The van der Waals surface area contributed by atoms with E-state index in [0.29, 0.717) is 220 Å². The Labute approximate surface area is 801 Å². The number of pyridine rings is 3. The van der Waals surface area contributed by atoms with Crippen molar-refractivity contribution in [2.45, 2.75) is 65.6 Å². The number of hydrogen-bond acceptors (Lipinski definition) is 35. The number of nitrogens with zero attached hydrogens (tertiary/aromatic N) is 5. The second kappa shape index (κ2) is 46.8. The van der Waals surface area contributed by atoms with Crippen LogP contribution in [0.4, 0.5) is 14.4 Å². The molecule has 0 radical (unpaired) electrons. The molecule has 3 amide bonds. The van der Waals surface area contributed by atoms with Gasteiger partial charge in [-0.05, 0) is 159 Å². The van der Waals surface area contributed by atoms with Crippen LogP contribution in [0, 0.1) is 0 Å². The Kier molecular flexibility index (Phi) is 33.7. The van der Waals surface area contributed by atoms with Gasteiger partial charge in [-0.25, -0.2) is 14.4 Å². The van der Waals surface area contributed by atoms with Crippen LogP contribution in [0.3, 0.4) is 0 Å². The van der Waals surface area contributed by atoms with Crippen molar-refractivity contribution in [1.82, 2.24) is 34.1 Å². The number of aromatic hydroxyl groups is 2. The average Bonchev–Trinajstić information content (AvgIpc) is 1.57. The summed E-state index contributed by atoms with van der Waals surface area (Å²) >= 11 is 0. The molecule has 736 valence electrons. The number of benzene rings is 9. The van der Waals surface area contributed by atoms with E-state index >= 15 is 0 Å². The van der Waals surface area contributed by atoms with Crippen molar-refractivity contribution in [3.63, 3.8) is 0 Å². The zero-order valence-corrected chi connectivity index (χ0v) is 77.3. The molecule has 3 aliphatic carbocycles. The highest BCUT2D eigenvalue weighted by Crippen LogP contribution is 2.51. The lowest BCUT2D eigenvalue weighted by atomic mass is 10.0. The molecular weight excluding hydrogens is 1840 g/mol. The minimum Gasteiger partial charge on any atom is -0.508 e. The molecule has 12 aromatic rings. The van der Waals surface area contributed by atoms with Crippen LogP contribution >= 0.6 is 0 Å². The number of nitrogens with one attached hydrogen (secondary N) is 2. The number of methoxy groups -OCH3 is 6. The SMILES string of the molecule is CCNC(=O)Oc1ccc(COC(=O)N(CCO)CCCn2c3c(c4cc(OC)c(OC)cc4c2=O)C(=O)c2cc4c(cc2-3)OCO4)cc1.COc1cc2c3c(n(CCCN(CCO)C(=O)OCc4ccc(O)cc4)c(=O)c2cc1OC)-c1cc2c(cc1C3=O)OCO2.COc1cc2c3c(n(CCCNCCO)c(=O)c2cc1OC)-c1cc2c(cc1C3=O)OCO2.O=C=O.O=C=O.OCc1ccc(O)cc1. The molecular formula is C100H97N7O34. The van der Waals surface area contributed by atoms with Crippen LogP contribution in [0.2, 0.25) is 0 Å². The number of ketones is 3. The highest BCUT2D eigenvalue weighted by molar-refractivity contribution is 6.29. The summed E-state index contributed by atoms with van der Waals surface area (Å²) in [6.07, 6.45) is -0.112. The molecule has 18 rings (SSSR count). The normalized spacial score (nSPS) is 12.1. The third kappa shape index (κ3) is 21.9. The van der Waals surface area contributed by atoms with Crippen molar-refractivity contribution in [1.29, 1.82) is 0 Å². The van der Waals surface area contributed by atoms with E-state index in [1.807, 2.05) is 0 Å². The number of aliphatic hydroxyl groups excluding tert-OH is 4. The van der Waals surface area contributed by atoms with Gasteiger partial charge in [-0.1, -0.05) is 36.4 Å². The van der Waals surface area contributed by atoms with Gasteiger partial charge in [-0.2, -0.15) is 19.2 Å². The van der Waals surface area contributed by atoms with Gasteiger partial charge in [0.05, 0.1) is 119 Å². The molecule has 6 aliphatic rings. The van der Waals surface area contributed by atoms with Gasteiger partial charge in [0.15, 0.2) is 86.3 Å². The van der Waals surface area contributed by atoms with Gasteiger partial charge < -0.3 is 136 Å². The van der Waals surface area contributed by atoms with Crippen molar-refractivity contribution in [2.75, 3.05) is 129 Å². The average molecular weight is 1940 g/mol. The van der Waals surface area contributed by atoms with E-state index < -0.39 is 18.3 Å². The molecule has 0 atom stereocenters. The number of aliphatic hydroxyl groups is 4. The van der Waals surface area contributed by atoms with E-state index in [9.17, 15) is 58.5 Å². The zero-order valence-electron chi connectivity index (χ0n) is 77.3. The topological polar surface area (TPSA) is 527 Å². The molecule has 6 heterocycles. The Morgan fingerprint density at radius 2 is 0.681 bits per heavy atom. The Balaban J connectivity index is 0.000000167. The molecule has 0 spiro atoms. The fourth-order valence-corrected chi connectivity index (χ4v) is 16.7. The van der Waals surface area contributed by atoms with E-state index in [0.717, 1.165) is 5.56 Å². The predicted molar refractivity (Wildman–Crippen MR) is 499 cm³/mol. The van der Waals surface area contributed by atoms with Crippen LogP contribution in [0.25, 0.3) is 66.1 Å². The van der Waals surface area contributed by atoms with Gasteiger partial charge in [0.25, 0.3) is 16.7 Å². The number of carbonyl (C=O) groups is 6. The van der Waals surface area contributed by atoms with Crippen LogP contribution in [-0.4, -0.2) is 231 Å². The Bertz CT molecular complexity index is 6990. The summed E-state index contributed by atoms with van der Waals surface area (Å²) in [5.41, 5.74) is 6.79. The summed E-state index contributed by atoms with van der Waals surface area (Å²) in [5, 5.41) is 63.0. The molecule has 41 heteroatoms. The summed E-state index contributed by atoms with van der Waals surface area (Å²) in [6.45, 7) is 3.90. The van der Waals surface area contributed by atoms with Crippen LogP contribution in [0.15, 0.2) is 160 Å². The number of fused-ring (bicyclic) bond motifs is 18.